The van der Waals surface area contributed by atoms with Crippen molar-refractivity contribution >= 4 is 5.91 Å². The SMILES string of the molecule is C#CC(CC)NC(=O)c1cccn1Cc1ccccc1. The number of rotatable bonds is 5. The number of aromatic nitrogens is 1. The molecule has 0 fully saturated rings. The molecule has 1 unspecified atom stereocenters. The zero-order chi connectivity index (χ0) is 14.4. The van der Waals surface area contributed by atoms with Gasteiger partial charge in [0.2, 0.25) is 0 Å². The topological polar surface area (TPSA) is 34.0 Å². The Morgan fingerprint density at radius 2 is 2.05 bits per heavy atom. The summed E-state index contributed by atoms with van der Waals surface area (Å²) in [5, 5.41) is 2.85. The van der Waals surface area contributed by atoms with Gasteiger partial charge in [0.05, 0.1) is 6.04 Å². The fourth-order valence-electron chi connectivity index (χ4n) is 2.03. The number of carbonyl (C=O) groups excluding carboxylic acids is 1. The summed E-state index contributed by atoms with van der Waals surface area (Å²) in [6, 6.07) is 13.5. The lowest BCUT2D eigenvalue weighted by Crippen LogP contribution is -2.34. The summed E-state index contributed by atoms with van der Waals surface area (Å²) in [5.41, 5.74) is 1.78. The van der Waals surface area contributed by atoms with Gasteiger partial charge < -0.3 is 9.88 Å². The zero-order valence-electron chi connectivity index (χ0n) is 11.5. The third kappa shape index (κ3) is 3.30. The second-order valence-electron chi connectivity index (χ2n) is 4.61. The molecule has 2 aromatic rings. The maximum absolute atomic E-state index is 12.2. The first kappa shape index (κ1) is 14.0. The van der Waals surface area contributed by atoms with Gasteiger partial charge in [-0.3, -0.25) is 4.79 Å². The number of hydrogen-bond acceptors (Lipinski definition) is 1. The van der Waals surface area contributed by atoms with Crippen molar-refractivity contribution in [2.24, 2.45) is 0 Å². The van der Waals surface area contributed by atoms with Crippen molar-refractivity contribution in [2.75, 3.05) is 0 Å². The van der Waals surface area contributed by atoms with Gasteiger partial charge in [-0.05, 0) is 24.1 Å². The standard InChI is InChI=1S/C17H18N2O/c1-3-15(4-2)18-17(20)16-11-8-12-19(16)13-14-9-6-5-7-10-14/h1,5-12,15H,4,13H2,2H3,(H,18,20). The summed E-state index contributed by atoms with van der Waals surface area (Å²) < 4.78 is 1.92. The minimum absolute atomic E-state index is 0.129. The number of carbonyl (C=O) groups is 1. The van der Waals surface area contributed by atoms with Gasteiger partial charge in [0.15, 0.2) is 0 Å². The normalized spacial score (nSPS) is 11.6. The van der Waals surface area contributed by atoms with E-state index in [-0.39, 0.29) is 11.9 Å². The predicted molar refractivity (Wildman–Crippen MR) is 80.4 cm³/mol. The molecule has 0 spiro atoms. The molecule has 0 aliphatic carbocycles. The highest BCUT2D eigenvalue weighted by Crippen LogP contribution is 2.08. The lowest BCUT2D eigenvalue weighted by atomic mass is 10.2. The van der Waals surface area contributed by atoms with Crippen molar-refractivity contribution in [1.82, 2.24) is 9.88 Å². The average molecular weight is 266 g/mol. The summed E-state index contributed by atoms with van der Waals surface area (Å²) >= 11 is 0. The van der Waals surface area contributed by atoms with Crippen molar-refractivity contribution < 1.29 is 4.79 Å². The first-order valence-corrected chi connectivity index (χ1v) is 6.70. The maximum atomic E-state index is 12.2. The number of hydrogen-bond donors (Lipinski definition) is 1. The van der Waals surface area contributed by atoms with E-state index in [4.69, 9.17) is 6.42 Å². The molecule has 1 aromatic carbocycles. The Labute approximate surface area is 119 Å². The van der Waals surface area contributed by atoms with Crippen molar-refractivity contribution in [3.05, 3.63) is 59.9 Å². The molecule has 3 nitrogen and oxygen atoms in total. The van der Waals surface area contributed by atoms with Crippen LogP contribution in [0.15, 0.2) is 48.7 Å². The molecule has 1 aromatic heterocycles. The van der Waals surface area contributed by atoms with Crippen molar-refractivity contribution in [3.8, 4) is 12.3 Å². The van der Waals surface area contributed by atoms with Gasteiger partial charge in [0.1, 0.15) is 5.69 Å². The zero-order valence-corrected chi connectivity index (χ0v) is 11.5. The van der Waals surface area contributed by atoms with E-state index in [0.29, 0.717) is 12.2 Å². The van der Waals surface area contributed by atoms with Crippen molar-refractivity contribution in [2.45, 2.75) is 25.9 Å². The smallest absolute Gasteiger partial charge is 0.268 e. The van der Waals surface area contributed by atoms with Gasteiger partial charge in [0.25, 0.3) is 5.91 Å². The molecule has 1 atom stereocenters. The number of benzene rings is 1. The summed E-state index contributed by atoms with van der Waals surface area (Å²) in [6.45, 7) is 2.62. The summed E-state index contributed by atoms with van der Waals surface area (Å²) in [5.74, 6) is 2.44. The van der Waals surface area contributed by atoms with E-state index in [0.717, 1.165) is 12.0 Å². The first-order valence-electron chi connectivity index (χ1n) is 6.70. The second-order valence-corrected chi connectivity index (χ2v) is 4.61. The molecule has 1 heterocycles. The lowest BCUT2D eigenvalue weighted by Gasteiger charge is -2.13. The van der Waals surface area contributed by atoms with Gasteiger partial charge >= 0.3 is 0 Å². The van der Waals surface area contributed by atoms with Gasteiger partial charge in [0, 0.05) is 12.7 Å². The predicted octanol–water partition coefficient (Wildman–Crippen LogP) is 2.68. The highest BCUT2D eigenvalue weighted by molar-refractivity contribution is 5.93. The Morgan fingerprint density at radius 3 is 2.70 bits per heavy atom. The Bertz CT molecular complexity index is 607. The molecular formula is C17H18N2O. The van der Waals surface area contributed by atoms with Gasteiger partial charge in [-0.25, -0.2) is 0 Å². The number of terminal acetylenes is 1. The van der Waals surface area contributed by atoms with Gasteiger partial charge in [-0.15, -0.1) is 6.42 Å². The highest BCUT2D eigenvalue weighted by atomic mass is 16.2. The van der Waals surface area contributed by atoms with Crippen LogP contribution in [0.2, 0.25) is 0 Å². The fourth-order valence-corrected chi connectivity index (χ4v) is 2.03. The minimum Gasteiger partial charge on any atom is -0.339 e. The molecule has 0 aliphatic rings. The second kappa shape index (κ2) is 6.63. The van der Waals surface area contributed by atoms with Crippen LogP contribution >= 0.6 is 0 Å². The molecule has 1 amide bonds. The van der Waals surface area contributed by atoms with Crippen LogP contribution in [0.3, 0.4) is 0 Å². The van der Waals surface area contributed by atoms with Crippen LogP contribution in [-0.2, 0) is 6.54 Å². The average Bonchev–Trinajstić information content (AvgIpc) is 2.94. The van der Waals surface area contributed by atoms with E-state index < -0.39 is 0 Å². The van der Waals surface area contributed by atoms with Crippen molar-refractivity contribution in [3.63, 3.8) is 0 Å². The molecule has 1 N–H and O–H groups in total. The van der Waals surface area contributed by atoms with Crippen LogP contribution in [0.5, 0.6) is 0 Å². The molecule has 3 heteroatoms. The third-order valence-corrected chi connectivity index (χ3v) is 3.17. The van der Waals surface area contributed by atoms with Crippen LogP contribution < -0.4 is 5.32 Å². The minimum atomic E-state index is -0.220. The van der Waals surface area contributed by atoms with E-state index >= 15 is 0 Å². The first-order chi connectivity index (χ1) is 9.74. The summed E-state index contributed by atoms with van der Waals surface area (Å²) in [4.78, 5) is 12.2. The summed E-state index contributed by atoms with van der Waals surface area (Å²) in [7, 11) is 0. The van der Waals surface area contributed by atoms with Gasteiger partial charge in [-0.2, -0.15) is 0 Å². The Kier molecular flexibility index (Phi) is 4.62. The van der Waals surface area contributed by atoms with E-state index in [1.165, 1.54) is 0 Å². The molecule has 102 valence electrons. The van der Waals surface area contributed by atoms with E-state index in [2.05, 4.69) is 11.2 Å². The Morgan fingerprint density at radius 1 is 1.30 bits per heavy atom. The lowest BCUT2D eigenvalue weighted by molar-refractivity contribution is 0.0936. The molecule has 0 saturated carbocycles. The summed E-state index contributed by atoms with van der Waals surface area (Å²) in [6.07, 6.45) is 8.00. The van der Waals surface area contributed by atoms with E-state index in [9.17, 15) is 4.79 Å². The van der Waals surface area contributed by atoms with Crippen LogP contribution in [0, 0.1) is 12.3 Å². The Balaban J connectivity index is 2.13. The molecule has 0 aliphatic heterocycles. The maximum Gasteiger partial charge on any atom is 0.268 e. The Hall–Kier alpha value is -2.47. The number of amides is 1. The van der Waals surface area contributed by atoms with Crippen LogP contribution in [-0.4, -0.2) is 16.5 Å². The molecule has 0 radical (unpaired) electrons. The number of nitrogens with one attached hydrogen (secondary N) is 1. The van der Waals surface area contributed by atoms with Gasteiger partial charge in [-0.1, -0.05) is 43.2 Å². The van der Waals surface area contributed by atoms with Crippen LogP contribution in [0.4, 0.5) is 0 Å². The van der Waals surface area contributed by atoms with Crippen molar-refractivity contribution in [1.29, 1.82) is 0 Å². The van der Waals surface area contributed by atoms with Crippen LogP contribution in [0.25, 0.3) is 0 Å². The highest BCUT2D eigenvalue weighted by Gasteiger charge is 2.13. The fraction of sp³-hybridized carbons (Fsp3) is 0.235. The molecule has 2 rings (SSSR count). The monoisotopic (exact) mass is 266 g/mol. The third-order valence-electron chi connectivity index (χ3n) is 3.17. The van der Waals surface area contributed by atoms with E-state index in [1.54, 1.807) is 0 Å². The molecule has 0 bridgehead atoms. The van der Waals surface area contributed by atoms with Crippen LogP contribution in [0.1, 0.15) is 29.4 Å². The largest absolute Gasteiger partial charge is 0.339 e. The van der Waals surface area contributed by atoms with E-state index in [1.807, 2.05) is 60.2 Å². The molecular weight excluding hydrogens is 248 g/mol. The molecule has 0 saturated heterocycles. The molecule has 20 heavy (non-hydrogen) atoms. The number of nitrogens with zero attached hydrogens (tertiary/aromatic N) is 1. The quantitative estimate of drug-likeness (QED) is 0.829.